The summed E-state index contributed by atoms with van der Waals surface area (Å²) >= 11 is 0. The average molecular weight is 474 g/mol. The van der Waals surface area contributed by atoms with Crippen LogP contribution in [0, 0.1) is 13.8 Å². The normalized spacial score (nSPS) is 18.3. The summed E-state index contributed by atoms with van der Waals surface area (Å²) in [5, 5.41) is 8.22. The molecule has 0 aliphatic carbocycles. The van der Waals surface area contributed by atoms with Crippen molar-refractivity contribution in [2.24, 2.45) is 7.05 Å². The molecular formula is C26H27N5O4. The fraction of sp³-hybridized carbons (Fsp3) is 0.346. The second-order valence-electron chi connectivity index (χ2n) is 9.45. The van der Waals surface area contributed by atoms with E-state index >= 15 is 0 Å². The summed E-state index contributed by atoms with van der Waals surface area (Å²) in [4.78, 5) is 26.2. The van der Waals surface area contributed by atoms with Gasteiger partial charge >= 0.3 is 11.7 Å². The van der Waals surface area contributed by atoms with Crippen molar-refractivity contribution in [2.75, 3.05) is 19.6 Å². The molecule has 1 fully saturated rings. The summed E-state index contributed by atoms with van der Waals surface area (Å²) in [6, 6.07) is 8.05. The van der Waals surface area contributed by atoms with Crippen molar-refractivity contribution in [3.05, 3.63) is 80.6 Å². The molecule has 2 aliphatic rings. The van der Waals surface area contributed by atoms with Gasteiger partial charge in [-0.05, 0) is 48.7 Å². The Morgan fingerprint density at radius 3 is 2.91 bits per heavy atom. The molecule has 0 unspecified atom stereocenters. The van der Waals surface area contributed by atoms with Crippen molar-refractivity contribution < 1.29 is 13.9 Å². The Morgan fingerprint density at radius 2 is 2.06 bits per heavy atom. The summed E-state index contributed by atoms with van der Waals surface area (Å²) in [6.07, 6.45) is 3.94. The van der Waals surface area contributed by atoms with E-state index in [4.69, 9.17) is 9.15 Å². The average Bonchev–Trinajstić information content (AvgIpc) is 3.54. The monoisotopic (exact) mass is 473 g/mol. The van der Waals surface area contributed by atoms with Crippen LogP contribution in [0.25, 0.3) is 16.8 Å². The predicted octanol–water partition coefficient (Wildman–Crippen LogP) is 2.75. The number of aryl methyl sites for hydroxylation is 2. The van der Waals surface area contributed by atoms with Gasteiger partial charge in [-0.1, -0.05) is 6.07 Å². The minimum Gasteiger partial charge on any atom is -0.457 e. The molecule has 0 radical (unpaired) electrons. The van der Waals surface area contributed by atoms with Gasteiger partial charge in [0.25, 0.3) is 0 Å². The maximum Gasteiger partial charge on any atom is 0.419 e. The van der Waals surface area contributed by atoms with Crippen LogP contribution in [0.1, 0.15) is 44.2 Å². The van der Waals surface area contributed by atoms with Crippen molar-refractivity contribution in [2.45, 2.75) is 33.0 Å². The van der Waals surface area contributed by atoms with E-state index in [0.717, 1.165) is 59.6 Å². The van der Waals surface area contributed by atoms with Crippen LogP contribution < -0.4 is 11.1 Å². The molecule has 9 nitrogen and oxygen atoms in total. The van der Waals surface area contributed by atoms with Crippen LogP contribution in [-0.4, -0.2) is 44.9 Å². The van der Waals surface area contributed by atoms with Crippen molar-refractivity contribution in [3.8, 4) is 5.69 Å². The van der Waals surface area contributed by atoms with E-state index in [2.05, 4.69) is 28.3 Å². The number of oxazole rings is 1. The molecule has 4 heterocycles. The Kier molecular flexibility index (Phi) is 5.12. The van der Waals surface area contributed by atoms with Gasteiger partial charge in [-0.3, -0.25) is 9.47 Å². The third kappa shape index (κ3) is 3.67. The number of ether oxygens (including phenoxy) is 1. The SMILES string of the molecule is Cc1c([C@H]2CN(Cc3cnn(-c4cc(C)c5oc(=O)n(C)c5c4)c3)CCN2)ccc2c1COC2=O. The van der Waals surface area contributed by atoms with Gasteiger partial charge in [0.2, 0.25) is 0 Å². The first-order valence-corrected chi connectivity index (χ1v) is 11.8. The van der Waals surface area contributed by atoms with Crippen LogP contribution in [0.3, 0.4) is 0 Å². The Hall–Kier alpha value is -3.69. The van der Waals surface area contributed by atoms with Gasteiger partial charge in [0.05, 0.1) is 23.0 Å². The first kappa shape index (κ1) is 21.8. The van der Waals surface area contributed by atoms with Gasteiger partial charge in [0.1, 0.15) is 6.61 Å². The second kappa shape index (κ2) is 8.21. The number of carbonyl (C=O) groups excluding carboxylic acids is 1. The van der Waals surface area contributed by atoms with Crippen LogP contribution in [0.15, 0.2) is 45.9 Å². The highest BCUT2D eigenvalue weighted by molar-refractivity contribution is 5.94. The highest BCUT2D eigenvalue weighted by Crippen LogP contribution is 2.30. The Bertz CT molecular complexity index is 1530. The van der Waals surface area contributed by atoms with Gasteiger partial charge in [0, 0.05) is 56.6 Å². The number of fused-ring (bicyclic) bond motifs is 2. The topological polar surface area (TPSA) is 94.5 Å². The number of benzene rings is 2. The molecule has 0 saturated carbocycles. The lowest BCUT2D eigenvalue weighted by molar-refractivity contribution is 0.0535. The van der Waals surface area contributed by atoms with E-state index in [1.54, 1.807) is 7.05 Å². The molecule has 2 aromatic heterocycles. The van der Waals surface area contributed by atoms with E-state index in [1.165, 1.54) is 10.1 Å². The maximum atomic E-state index is 11.9. The van der Waals surface area contributed by atoms with Crippen LogP contribution in [0.5, 0.6) is 0 Å². The number of rotatable bonds is 4. The molecule has 0 spiro atoms. The quantitative estimate of drug-likeness (QED) is 0.456. The molecule has 2 aromatic carbocycles. The standard InChI is InChI=1S/C26H27N5O4/c1-15-8-18(9-23-24(15)35-26(33)29(23)3)31-12-17(10-28-31)11-30-7-6-27-22(13-30)19-4-5-20-21(16(19)2)14-34-25(20)32/h4-5,8-10,12,22,27H,6-7,11,13-14H2,1-3H3/t22-/m1/s1. The third-order valence-corrected chi connectivity index (χ3v) is 7.21. The number of aromatic nitrogens is 3. The van der Waals surface area contributed by atoms with Crippen molar-refractivity contribution in [1.29, 1.82) is 0 Å². The molecular weight excluding hydrogens is 446 g/mol. The zero-order chi connectivity index (χ0) is 24.3. The molecule has 4 aromatic rings. The largest absolute Gasteiger partial charge is 0.457 e. The summed E-state index contributed by atoms with van der Waals surface area (Å²) in [5.74, 6) is -0.596. The van der Waals surface area contributed by atoms with Gasteiger partial charge in [-0.15, -0.1) is 0 Å². The van der Waals surface area contributed by atoms with Gasteiger partial charge in [0.15, 0.2) is 5.58 Å². The number of hydrogen-bond donors (Lipinski definition) is 1. The Balaban J connectivity index is 1.21. The molecule has 9 heteroatoms. The lowest BCUT2D eigenvalue weighted by atomic mass is 9.93. The lowest BCUT2D eigenvalue weighted by Gasteiger charge is -2.34. The number of esters is 1. The van der Waals surface area contributed by atoms with E-state index in [1.807, 2.05) is 42.2 Å². The highest BCUT2D eigenvalue weighted by atomic mass is 16.5. The number of nitrogens with one attached hydrogen (secondary N) is 1. The Morgan fingerprint density at radius 1 is 1.20 bits per heavy atom. The molecule has 1 saturated heterocycles. The van der Waals surface area contributed by atoms with Crippen LogP contribution in [0.4, 0.5) is 0 Å². The zero-order valence-electron chi connectivity index (χ0n) is 20.0. The predicted molar refractivity (Wildman–Crippen MR) is 130 cm³/mol. The molecule has 2 aliphatic heterocycles. The van der Waals surface area contributed by atoms with Crippen LogP contribution in [-0.2, 0) is 24.9 Å². The van der Waals surface area contributed by atoms with E-state index < -0.39 is 0 Å². The number of carbonyl (C=O) groups is 1. The van der Waals surface area contributed by atoms with E-state index in [0.29, 0.717) is 17.8 Å². The minimum atomic E-state index is -0.368. The number of nitrogens with zero attached hydrogens (tertiary/aromatic N) is 4. The number of piperazine rings is 1. The zero-order valence-corrected chi connectivity index (χ0v) is 20.0. The van der Waals surface area contributed by atoms with Gasteiger partial charge in [-0.25, -0.2) is 14.3 Å². The highest BCUT2D eigenvalue weighted by Gasteiger charge is 2.28. The van der Waals surface area contributed by atoms with Crippen LogP contribution >= 0.6 is 0 Å². The maximum absolute atomic E-state index is 11.9. The van der Waals surface area contributed by atoms with E-state index in [9.17, 15) is 9.59 Å². The smallest absolute Gasteiger partial charge is 0.419 e. The summed E-state index contributed by atoms with van der Waals surface area (Å²) in [5.41, 5.74) is 8.33. The molecule has 6 rings (SSSR count). The molecule has 0 amide bonds. The summed E-state index contributed by atoms with van der Waals surface area (Å²) in [6.45, 7) is 7.85. The summed E-state index contributed by atoms with van der Waals surface area (Å²) < 4.78 is 13.9. The van der Waals surface area contributed by atoms with Crippen LogP contribution in [0.2, 0.25) is 0 Å². The first-order chi connectivity index (χ1) is 16.9. The lowest BCUT2D eigenvalue weighted by Crippen LogP contribution is -2.45. The molecule has 0 bridgehead atoms. The molecule has 1 atom stereocenters. The third-order valence-electron chi connectivity index (χ3n) is 7.21. The fourth-order valence-electron chi connectivity index (χ4n) is 5.25. The van der Waals surface area contributed by atoms with Crippen molar-refractivity contribution in [3.63, 3.8) is 0 Å². The number of hydrogen-bond acceptors (Lipinski definition) is 7. The van der Waals surface area contributed by atoms with Gasteiger partial charge < -0.3 is 14.5 Å². The first-order valence-electron chi connectivity index (χ1n) is 11.8. The Labute approximate surface area is 201 Å². The van der Waals surface area contributed by atoms with Crippen molar-refractivity contribution >= 4 is 17.1 Å². The second-order valence-corrected chi connectivity index (χ2v) is 9.45. The number of cyclic esters (lactones) is 1. The minimum absolute atomic E-state index is 0.187. The van der Waals surface area contributed by atoms with E-state index in [-0.39, 0.29) is 17.8 Å². The van der Waals surface area contributed by atoms with Crippen molar-refractivity contribution in [1.82, 2.24) is 24.6 Å². The molecule has 180 valence electrons. The fourth-order valence-corrected chi connectivity index (χ4v) is 5.25. The summed E-state index contributed by atoms with van der Waals surface area (Å²) in [7, 11) is 1.71. The van der Waals surface area contributed by atoms with Gasteiger partial charge in [-0.2, -0.15) is 5.10 Å². The molecule has 1 N–H and O–H groups in total. The molecule has 35 heavy (non-hydrogen) atoms.